The minimum Gasteiger partial charge on any atom is -0.478 e. The molecule has 0 radical (unpaired) electrons. The predicted molar refractivity (Wildman–Crippen MR) is 159 cm³/mol. The number of β-lactam (4-membered cyclic amide) rings is 1. The molecule has 4 N–H and O–H groups in total. The first-order valence-corrected chi connectivity index (χ1v) is 14.1. The van der Waals surface area contributed by atoms with Gasteiger partial charge in [-0.1, -0.05) is 96.2 Å². The van der Waals surface area contributed by atoms with Crippen LogP contribution < -0.4 is 16.0 Å². The minimum absolute atomic E-state index is 0.156. The molecule has 3 aromatic carbocycles. The second-order valence-electron chi connectivity index (χ2n) is 10.1. The molecule has 4 aromatic rings. The van der Waals surface area contributed by atoms with Gasteiger partial charge in [-0.15, -0.1) is 11.3 Å². The lowest BCUT2D eigenvalue weighted by Crippen LogP contribution is -2.62. The SMILES string of the molecule is CC(C)(ON=C(C(=O)NC1CNC1=O)c1csc(NC(c2ccccc2)(c2ccccc2)c2ccccc2)n1)C(=O)O. The number of nitrogens with one attached hydrogen (secondary N) is 3. The molecule has 0 bridgehead atoms. The maximum Gasteiger partial charge on any atom is 0.350 e. The van der Waals surface area contributed by atoms with Crippen LogP contribution in [0.2, 0.25) is 0 Å². The van der Waals surface area contributed by atoms with E-state index in [1.54, 1.807) is 5.38 Å². The van der Waals surface area contributed by atoms with E-state index in [0.29, 0.717) is 5.13 Å². The first-order chi connectivity index (χ1) is 20.2. The summed E-state index contributed by atoms with van der Waals surface area (Å²) in [6.45, 7) is 2.91. The number of carbonyl (C=O) groups is 3. The molecular formula is C31H29N5O5S. The quantitative estimate of drug-likeness (QED) is 0.0912. The zero-order chi connectivity index (χ0) is 29.7. The fraction of sp³-hybridized carbons (Fsp3) is 0.194. The molecule has 0 aliphatic carbocycles. The number of hydrogen-bond donors (Lipinski definition) is 4. The number of nitrogens with zero attached hydrogens (tertiary/aromatic N) is 2. The van der Waals surface area contributed by atoms with Crippen molar-refractivity contribution >= 4 is 40.0 Å². The van der Waals surface area contributed by atoms with Crippen LogP contribution in [0.1, 0.15) is 36.2 Å². The Kier molecular flexibility index (Phi) is 8.03. The molecule has 2 heterocycles. The van der Waals surface area contributed by atoms with E-state index in [2.05, 4.69) is 21.1 Å². The van der Waals surface area contributed by atoms with Gasteiger partial charge in [0.15, 0.2) is 10.8 Å². The molecule has 1 unspecified atom stereocenters. The maximum atomic E-state index is 13.2. The van der Waals surface area contributed by atoms with Gasteiger partial charge in [-0.3, -0.25) is 9.59 Å². The third-order valence-corrected chi connectivity index (χ3v) is 7.62. The Hall–Kier alpha value is -5.03. The molecule has 2 amide bonds. The van der Waals surface area contributed by atoms with Crippen molar-refractivity contribution in [2.75, 3.05) is 11.9 Å². The number of rotatable bonds is 11. The average Bonchev–Trinajstić information content (AvgIpc) is 3.47. The molecule has 1 aliphatic rings. The van der Waals surface area contributed by atoms with E-state index < -0.39 is 29.1 Å². The number of anilines is 1. The van der Waals surface area contributed by atoms with Crippen LogP contribution in [-0.4, -0.2) is 51.8 Å². The zero-order valence-corrected chi connectivity index (χ0v) is 23.7. The van der Waals surface area contributed by atoms with Gasteiger partial charge in [-0.2, -0.15) is 0 Å². The number of hydrogen-bond acceptors (Lipinski definition) is 8. The van der Waals surface area contributed by atoms with Crippen molar-refractivity contribution in [2.45, 2.75) is 31.0 Å². The Balaban J connectivity index is 1.57. The van der Waals surface area contributed by atoms with Gasteiger partial charge < -0.3 is 25.9 Å². The molecular weight excluding hydrogens is 554 g/mol. The first-order valence-electron chi connectivity index (χ1n) is 13.2. The van der Waals surface area contributed by atoms with Crippen LogP contribution in [0.5, 0.6) is 0 Å². The summed E-state index contributed by atoms with van der Waals surface area (Å²) in [5.74, 6) is -2.30. The Morgan fingerprint density at radius 2 is 1.48 bits per heavy atom. The molecule has 1 aliphatic heterocycles. The van der Waals surface area contributed by atoms with Gasteiger partial charge in [-0.25, -0.2) is 9.78 Å². The van der Waals surface area contributed by atoms with E-state index in [-0.39, 0.29) is 23.9 Å². The molecule has 1 aromatic heterocycles. The van der Waals surface area contributed by atoms with Crippen LogP contribution in [0.15, 0.2) is 102 Å². The molecule has 1 fully saturated rings. The van der Waals surface area contributed by atoms with Crippen LogP contribution >= 0.6 is 11.3 Å². The Morgan fingerprint density at radius 3 is 1.90 bits per heavy atom. The van der Waals surface area contributed by atoms with E-state index in [1.165, 1.54) is 25.2 Å². The first kappa shape index (κ1) is 28.5. The molecule has 0 spiro atoms. The monoisotopic (exact) mass is 583 g/mol. The predicted octanol–water partition coefficient (Wildman–Crippen LogP) is 3.75. The summed E-state index contributed by atoms with van der Waals surface area (Å²) in [5, 5.41) is 24.3. The minimum atomic E-state index is -1.71. The fourth-order valence-electron chi connectivity index (χ4n) is 4.42. The Bertz CT molecular complexity index is 1510. The van der Waals surface area contributed by atoms with Gasteiger partial charge in [0.2, 0.25) is 11.5 Å². The summed E-state index contributed by atoms with van der Waals surface area (Å²) in [6.07, 6.45) is 0. The van der Waals surface area contributed by atoms with Crippen molar-refractivity contribution in [3.63, 3.8) is 0 Å². The van der Waals surface area contributed by atoms with Crippen molar-refractivity contribution in [3.05, 3.63) is 119 Å². The van der Waals surface area contributed by atoms with Gasteiger partial charge in [0, 0.05) is 11.9 Å². The highest BCUT2D eigenvalue weighted by molar-refractivity contribution is 7.14. The van der Waals surface area contributed by atoms with Crippen LogP contribution in [0.25, 0.3) is 0 Å². The average molecular weight is 584 g/mol. The van der Waals surface area contributed by atoms with Crippen LogP contribution in [0, 0.1) is 0 Å². The number of carbonyl (C=O) groups excluding carboxylic acids is 2. The lowest BCUT2D eigenvalue weighted by atomic mass is 9.77. The second kappa shape index (κ2) is 11.8. The summed E-state index contributed by atoms with van der Waals surface area (Å²) >= 11 is 1.25. The largest absolute Gasteiger partial charge is 0.478 e. The van der Waals surface area contributed by atoms with E-state index in [4.69, 9.17) is 9.82 Å². The number of aromatic nitrogens is 1. The summed E-state index contributed by atoms with van der Waals surface area (Å²) in [7, 11) is 0. The summed E-state index contributed by atoms with van der Waals surface area (Å²) in [4.78, 5) is 46.6. The molecule has 0 saturated carbocycles. The highest BCUT2D eigenvalue weighted by atomic mass is 32.1. The fourth-order valence-corrected chi connectivity index (χ4v) is 5.17. The molecule has 5 rings (SSSR count). The number of aliphatic carboxylic acids is 1. The number of carboxylic acids is 1. The molecule has 11 heteroatoms. The van der Waals surface area contributed by atoms with Crippen LogP contribution in [0.4, 0.5) is 5.13 Å². The Morgan fingerprint density at radius 1 is 0.952 bits per heavy atom. The smallest absolute Gasteiger partial charge is 0.350 e. The van der Waals surface area contributed by atoms with Crippen molar-refractivity contribution in [1.82, 2.24) is 15.6 Å². The number of oxime groups is 1. The van der Waals surface area contributed by atoms with Crippen LogP contribution in [-0.2, 0) is 24.8 Å². The van der Waals surface area contributed by atoms with Gasteiger partial charge in [-0.05, 0) is 30.5 Å². The van der Waals surface area contributed by atoms with Crippen LogP contribution in [0.3, 0.4) is 0 Å². The second-order valence-corrected chi connectivity index (χ2v) is 11.0. The normalized spacial score (nSPS) is 15.2. The lowest BCUT2D eigenvalue weighted by molar-refractivity contribution is -0.161. The molecule has 214 valence electrons. The Labute approximate surface area is 246 Å². The van der Waals surface area contributed by atoms with E-state index >= 15 is 0 Å². The van der Waals surface area contributed by atoms with Crippen molar-refractivity contribution in [3.8, 4) is 0 Å². The van der Waals surface area contributed by atoms with Gasteiger partial charge >= 0.3 is 5.97 Å². The van der Waals surface area contributed by atoms with Crippen molar-refractivity contribution < 1.29 is 24.3 Å². The number of amides is 2. The van der Waals surface area contributed by atoms with E-state index in [9.17, 15) is 19.5 Å². The summed E-state index contributed by atoms with van der Waals surface area (Å²) in [6, 6.07) is 29.2. The van der Waals surface area contributed by atoms with Gasteiger partial charge in [0.05, 0.1) is 0 Å². The highest BCUT2D eigenvalue weighted by Crippen LogP contribution is 2.40. The van der Waals surface area contributed by atoms with E-state index in [1.807, 2.05) is 91.0 Å². The van der Waals surface area contributed by atoms with Crippen molar-refractivity contribution in [2.24, 2.45) is 5.16 Å². The van der Waals surface area contributed by atoms with Gasteiger partial charge in [0.25, 0.3) is 5.91 Å². The summed E-state index contributed by atoms with van der Waals surface area (Å²) < 4.78 is 0. The molecule has 42 heavy (non-hydrogen) atoms. The molecule has 10 nitrogen and oxygen atoms in total. The third-order valence-electron chi connectivity index (χ3n) is 6.86. The highest BCUT2D eigenvalue weighted by Gasteiger charge is 2.38. The molecule has 1 saturated heterocycles. The maximum absolute atomic E-state index is 13.2. The standard InChI is InChI=1S/C31H29N5O5S/c1-30(2,28(39)40)41-36-25(27(38)33-23-18-32-26(23)37)24-19-42-29(34-24)35-31(20-12-6-3-7-13-20,21-14-8-4-9-15-21)22-16-10-5-11-17-22/h3-17,19,23H,18H2,1-2H3,(H,32,37)(H,33,38)(H,34,35)(H,39,40). The topological polar surface area (TPSA) is 142 Å². The van der Waals surface area contributed by atoms with Crippen molar-refractivity contribution in [1.29, 1.82) is 0 Å². The zero-order valence-electron chi connectivity index (χ0n) is 22.9. The number of thiazole rings is 1. The van der Waals surface area contributed by atoms with Gasteiger partial charge in [0.1, 0.15) is 17.3 Å². The third kappa shape index (κ3) is 5.72. The number of carboxylic acid groups (broad SMARTS) is 1. The molecule has 1 atom stereocenters. The summed E-state index contributed by atoms with van der Waals surface area (Å²) in [5.41, 5.74) is 0.237. The van der Waals surface area contributed by atoms with E-state index in [0.717, 1.165) is 16.7 Å². The lowest BCUT2D eigenvalue weighted by Gasteiger charge is -2.36. The number of benzene rings is 3.